The standard InChI is InChI=1S/C13H19NO4.2C3H8.CH5N/c1-14-13(16)4-3-7-18-11-6-5-10(9-15)12(8-11)17-2;2*1-3-2;1-2/h5-6,8,15H,3-4,7,9H2,1-2H3,(H,14,16);2*3H2,1-2H3;2H2,1H3. The molecule has 1 rings (SSSR count). The summed E-state index contributed by atoms with van der Waals surface area (Å²) < 4.78 is 10.6. The smallest absolute Gasteiger partial charge is 0.219 e. The van der Waals surface area contributed by atoms with Gasteiger partial charge in [-0.3, -0.25) is 4.79 Å². The normalized spacial score (nSPS) is 8.50. The van der Waals surface area contributed by atoms with E-state index in [1.54, 1.807) is 32.4 Å². The minimum atomic E-state index is -0.0693. The van der Waals surface area contributed by atoms with Gasteiger partial charge in [-0.05, 0) is 25.6 Å². The minimum Gasteiger partial charge on any atom is -0.496 e. The molecule has 0 aromatic heterocycles. The van der Waals surface area contributed by atoms with Gasteiger partial charge in [-0.25, -0.2) is 0 Å². The third kappa shape index (κ3) is 17.0. The molecule has 0 aliphatic carbocycles. The number of carbonyl (C=O) groups is 1. The first kappa shape index (κ1) is 29.0. The lowest BCUT2D eigenvalue weighted by Gasteiger charge is -2.10. The van der Waals surface area contributed by atoms with Crippen LogP contribution in [0.1, 0.15) is 58.9 Å². The van der Waals surface area contributed by atoms with E-state index in [9.17, 15) is 4.79 Å². The molecule has 0 spiro atoms. The van der Waals surface area contributed by atoms with Crippen molar-refractivity contribution in [2.45, 2.75) is 60.0 Å². The van der Waals surface area contributed by atoms with E-state index in [0.29, 0.717) is 30.9 Å². The van der Waals surface area contributed by atoms with E-state index in [-0.39, 0.29) is 12.5 Å². The number of amides is 1. The largest absolute Gasteiger partial charge is 0.496 e. The first-order valence-corrected chi connectivity index (χ1v) is 9.23. The lowest BCUT2D eigenvalue weighted by molar-refractivity contribution is -0.120. The van der Waals surface area contributed by atoms with Gasteiger partial charge >= 0.3 is 0 Å². The fourth-order valence-corrected chi connectivity index (χ4v) is 1.49. The topological polar surface area (TPSA) is 93.8 Å². The van der Waals surface area contributed by atoms with Crippen LogP contribution in [0, 0.1) is 0 Å². The van der Waals surface area contributed by atoms with Gasteiger partial charge in [-0.15, -0.1) is 0 Å². The van der Waals surface area contributed by atoms with Crippen LogP contribution in [0.5, 0.6) is 11.5 Å². The highest BCUT2D eigenvalue weighted by Crippen LogP contribution is 2.24. The molecule has 0 saturated carbocycles. The fourth-order valence-electron chi connectivity index (χ4n) is 1.49. The molecule has 0 aliphatic heterocycles. The first-order chi connectivity index (χ1) is 12.5. The maximum atomic E-state index is 11.0. The molecule has 0 radical (unpaired) electrons. The van der Waals surface area contributed by atoms with Gasteiger partial charge in [-0.1, -0.05) is 40.5 Å². The van der Waals surface area contributed by atoms with E-state index in [2.05, 4.69) is 38.7 Å². The van der Waals surface area contributed by atoms with Gasteiger partial charge in [0.05, 0.1) is 20.3 Å². The number of carbonyl (C=O) groups excluding carboxylic acids is 1. The molecule has 0 atom stereocenters. The van der Waals surface area contributed by atoms with E-state index in [0.717, 1.165) is 5.56 Å². The Bertz CT molecular complexity index is 424. The molecule has 6 nitrogen and oxygen atoms in total. The highest BCUT2D eigenvalue weighted by Gasteiger charge is 2.04. The number of ether oxygens (including phenoxy) is 2. The number of nitrogens with one attached hydrogen (secondary N) is 1. The van der Waals surface area contributed by atoms with Gasteiger partial charge in [-0.2, -0.15) is 0 Å². The summed E-state index contributed by atoms with van der Waals surface area (Å²) in [6.07, 6.45) is 3.60. The number of hydrogen-bond donors (Lipinski definition) is 3. The molecule has 0 bridgehead atoms. The van der Waals surface area contributed by atoms with Crippen molar-refractivity contribution in [3.8, 4) is 11.5 Å². The van der Waals surface area contributed by atoms with Crippen LogP contribution in [0.4, 0.5) is 0 Å². The lowest BCUT2D eigenvalue weighted by atomic mass is 10.2. The molecule has 0 saturated heterocycles. The van der Waals surface area contributed by atoms with Gasteiger partial charge in [0.15, 0.2) is 0 Å². The van der Waals surface area contributed by atoms with Crippen molar-refractivity contribution < 1.29 is 19.4 Å². The van der Waals surface area contributed by atoms with Gasteiger partial charge < -0.3 is 25.6 Å². The molecule has 0 heterocycles. The van der Waals surface area contributed by atoms with Crippen LogP contribution in [-0.4, -0.2) is 38.8 Å². The molecule has 154 valence electrons. The molecule has 0 unspecified atom stereocenters. The van der Waals surface area contributed by atoms with Crippen LogP contribution >= 0.6 is 0 Å². The zero-order valence-electron chi connectivity index (χ0n) is 17.7. The molecule has 4 N–H and O–H groups in total. The van der Waals surface area contributed by atoms with Crippen molar-refractivity contribution in [2.75, 3.05) is 27.8 Å². The third-order valence-corrected chi connectivity index (χ3v) is 2.52. The van der Waals surface area contributed by atoms with Crippen molar-refractivity contribution >= 4 is 5.91 Å². The Kier molecular flexibility index (Phi) is 25.9. The van der Waals surface area contributed by atoms with E-state index in [1.807, 2.05) is 0 Å². The maximum absolute atomic E-state index is 11.0. The number of rotatable bonds is 7. The quantitative estimate of drug-likeness (QED) is 0.637. The second kappa shape index (κ2) is 23.2. The van der Waals surface area contributed by atoms with Crippen molar-refractivity contribution in [1.29, 1.82) is 0 Å². The SMILES string of the molecule is CCC.CCC.CN.CNC(=O)CCCOc1ccc(CO)c(OC)c1. The van der Waals surface area contributed by atoms with Gasteiger partial charge in [0.1, 0.15) is 11.5 Å². The molecule has 26 heavy (non-hydrogen) atoms. The van der Waals surface area contributed by atoms with Crippen molar-refractivity contribution in [3.63, 3.8) is 0 Å². The van der Waals surface area contributed by atoms with Crippen molar-refractivity contribution in [1.82, 2.24) is 5.32 Å². The molecule has 1 amide bonds. The maximum Gasteiger partial charge on any atom is 0.219 e. The van der Waals surface area contributed by atoms with Crippen LogP contribution in [0.15, 0.2) is 18.2 Å². The Balaban J connectivity index is -0.000000567. The predicted molar refractivity (Wildman–Crippen MR) is 110 cm³/mol. The molecule has 0 aliphatic rings. The van der Waals surface area contributed by atoms with Gasteiger partial charge in [0.25, 0.3) is 0 Å². The Morgan fingerprint density at radius 2 is 1.69 bits per heavy atom. The van der Waals surface area contributed by atoms with Crippen LogP contribution in [-0.2, 0) is 11.4 Å². The summed E-state index contributed by atoms with van der Waals surface area (Å²) in [4.78, 5) is 11.0. The van der Waals surface area contributed by atoms with Crippen molar-refractivity contribution in [3.05, 3.63) is 23.8 Å². The van der Waals surface area contributed by atoms with Crippen LogP contribution < -0.4 is 20.5 Å². The summed E-state index contributed by atoms with van der Waals surface area (Å²) in [5.74, 6) is 1.27. The summed E-state index contributed by atoms with van der Waals surface area (Å²) in [7, 11) is 4.66. The number of aliphatic hydroxyl groups excluding tert-OH is 1. The van der Waals surface area contributed by atoms with Gasteiger partial charge in [0.2, 0.25) is 5.91 Å². The zero-order chi connectivity index (χ0) is 20.8. The summed E-state index contributed by atoms with van der Waals surface area (Å²) in [6.45, 7) is 8.90. The van der Waals surface area contributed by atoms with E-state index in [1.165, 1.54) is 19.9 Å². The summed E-state index contributed by atoms with van der Waals surface area (Å²) >= 11 is 0. The fraction of sp³-hybridized carbons (Fsp3) is 0.650. The highest BCUT2D eigenvalue weighted by atomic mass is 16.5. The third-order valence-electron chi connectivity index (χ3n) is 2.52. The Morgan fingerprint density at radius 3 is 2.12 bits per heavy atom. The average molecular weight is 373 g/mol. The molecular weight excluding hydrogens is 332 g/mol. The monoisotopic (exact) mass is 372 g/mol. The second-order valence-corrected chi connectivity index (χ2v) is 5.17. The Morgan fingerprint density at radius 1 is 1.15 bits per heavy atom. The molecule has 6 heteroatoms. The molecule has 1 aromatic carbocycles. The summed E-state index contributed by atoms with van der Waals surface area (Å²) in [5, 5.41) is 11.6. The van der Waals surface area contributed by atoms with Crippen LogP contribution in [0.3, 0.4) is 0 Å². The molecule has 1 aromatic rings. The molecular formula is C20H40N2O4. The van der Waals surface area contributed by atoms with Crippen LogP contribution in [0.2, 0.25) is 0 Å². The number of benzene rings is 1. The summed E-state index contributed by atoms with van der Waals surface area (Å²) in [6, 6.07) is 5.26. The molecule has 0 fully saturated rings. The highest BCUT2D eigenvalue weighted by molar-refractivity contribution is 5.75. The Labute approximate surface area is 160 Å². The van der Waals surface area contributed by atoms with Crippen LogP contribution in [0.25, 0.3) is 0 Å². The predicted octanol–water partition coefficient (Wildman–Crippen LogP) is 3.50. The number of aliphatic hydroxyl groups is 1. The first-order valence-electron chi connectivity index (χ1n) is 9.23. The zero-order valence-corrected chi connectivity index (χ0v) is 17.7. The second-order valence-electron chi connectivity index (χ2n) is 5.17. The number of hydrogen-bond acceptors (Lipinski definition) is 5. The van der Waals surface area contributed by atoms with E-state index >= 15 is 0 Å². The number of methoxy groups -OCH3 is 1. The van der Waals surface area contributed by atoms with Crippen molar-refractivity contribution in [2.24, 2.45) is 5.73 Å². The van der Waals surface area contributed by atoms with Gasteiger partial charge in [0, 0.05) is 25.1 Å². The van der Waals surface area contributed by atoms with E-state index < -0.39 is 0 Å². The number of nitrogens with two attached hydrogens (primary N) is 1. The average Bonchev–Trinajstić information content (AvgIpc) is 2.67. The Hall–Kier alpha value is -1.79. The minimum absolute atomic E-state index is 0.00630. The summed E-state index contributed by atoms with van der Waals surface area (Å²) in [5.41, 5.74) is 5.22. The van der Waals surface area contributed by atoms with E-state index in [4.69, 9.17) is 14.6 Å². The lowest BCUT2D eigenvalue weighted by Crippen LogP contribution is -2.18.